The fraction of sp³-hybridized carbons (Fsp3) is 0.625. The Morgan fingerprint density at radius 2 is 1.95 bits per heavy atom. The molecule has 1 aliphatic carbocycles. The van der Waals surface area contributed by atoms with Crippen molar-refractivity contribution in [3.63, 3.8) is 0 Å². The van der Waals surface area contributed by atoms with Crippen molar-refractivity contribution in [2.45, 2.75) is 45.4 Å². The average molecular weight is 317 g/mol. The SMILES string of the molecule is CCOc1cc(Cl)c2c(c1OCC)C(Cl)CC(C)CC2. The van der Waals surface area contributed by atoms with Gasteiger partial charge in [0.1, 0.15) is 0 Å². The molecule has 0 fully saturated rings. The number of benzene rings is 1. The van der Waals surface area contributed by atoms with Crippen LogP contribution in [0.15, 0.2) is 6.07 Å². The summed E-state index contributed by atoms with van der Waals surface area (Å²) in [4.78, 5) is 0. The van der Waals surface area contributed by atoms with Gasteiger partial charge in [0.15, 0.2) is 11.5 Å². The van der Waals surface area contributed by atoms with Crippen LogP contribution in [-0.4, -0.2) is 13.2 Å². The molecular weight excluding hydrogens is 295 g/mol. The predicted octanol–water partition coefficient (Wildman–Crippen LogP) is 5.39. The summed E-state index contributed by atoms with van der Waals surface area (Å²) in [6.45, 7) is 7.33. The predicted molar refractivity (Wildman–Crippen MR) is 84.5 cm³/mol. The Bertz CT molecular complexity index is 474. The van der Waals surface area contributed by atoms with Gasteiger partial charge in [-0.3, -0.25) is 0 Å². The van der Waals surface area contributed by atoms with Crippen molar-refractivity contribution in [3.8, 4) is 11.5 Å². The molecule has 1 aromatic rings. The van der Waals surface area contributed by atoms with Gasteiger partial charge in [0.2, 0.25) is 0 Å². The number of alkyl halides is 1. The Morgan fingerprint density at radius 1 is 1.25 bits per heavy atom. The van der Waals surface area contributed by atoms with E-state index in [9.17, 15) is 0 Å². The Balaban J connectivity index is 2.57. The minimum absolute atomic E-state index is 0.0676. The first kappa shape index (κ1) is 15.8. The van der Waals surface area contributed by atoms with E-state index >= 15 is 0 Å². The molecule has 0 N–H and O–H groups in total. The highest BCUT2D eigenvalue weighted by Gasteiger charge is 2.28. The molecule has 0 aliphatic heterocycles. The van der Waals surface area contributed by atoms with E-state index in [4.69, 9.17) is 32.7 Å². The first-order valence-corrected chi connectivity index (χ1v) is 8.14. The molecule has 0 amide bonds. The molecule has 112 valence electrons. The average Bonchev–Trinajstić information content (AvgIpc) is 2.54. The van der Waals surface area contributed by atoms with Crippen LogP contribution in [0.25, 0.3) is 0 Å². The number of hydrogen-bond acceptors (Lipinski definition) is 2. The number of fused-ring (bicyclic) bond motifs is 1. The van der Waals surface area contributed by atoms with Gasteiger partial charge in [-0.05, 0) is 44.6 Å². The lowest BCUT2D eigenvalue weighted by Crippen LogP contribution is -2.06. The molecule has 0 bridgehead atoms. The van der Waals surface area contributed by atoms with E-state index in [1.54, 1.807) is 0 Å². The first-order valence-electron chi connectivity index (χ1n) is 7.33. The van der Waals surface area contributed by atoms with Crippen LogP contribution in [0.2, 0.25) is 5.02 Å². The molecular formula is C16H22Cl2O2. The highest BCUT2D eigenvalue weighted by molar-refractivity contribution is 6.32. The summed E-state index contributed by atoms with van der Waals surface area (Å²) in [6, 6.07) is 1.87. The molecule has 0 heterocycles. The quantitative estimate of drug-likeness (QED) is 0.547. The zero-order valence-electron chi connectivity index (χ0n) is 12.3. The van der Waals surface area contributed by atoms with Gasteiger partial charge in [0.05, 0.1) is 18.6 Å². The summed E-state index contributed by atoms with van der Waals surface area (Å²) in [5.41, 5.74) is 2.16. The summed E-state index contributed by atoms with van der Waals surface area (Å²) in [5, 5.41) is 0.675. The smallest absolute Gasteiger partial charge is 0.166 e. The van der Waals surface area contributed by atoms with Crippen molar-refractivity contribution in [1.29, 1.82) is 0 Å². The Hall–Kier alpha value is -0.600. The molecule has 2 rings (SSSR count). The Labute approximate surface area is 131 Å². The van der Waals surface area contributed by atoms with Gasteiger partial charge >= 0.3 is 0 Å². The van der Waals surface area contributed by atoms with E-state index in [1.807, 2.05) is 19.9 Å². The standard InChI is InChI=1S/C16H22Cl2O2/c1-4-19-14-9-12(17)11-7-6-10(3)8-13(18)15(11)16(14)20-5-2/h9-10,13H,4-8H2,1-3H3. The zero-order valence-corrected chi connectivity index (χ0v) is 13.9. The van der Waals surface area contributed by atoms with Crippen molar-refractivity contribution in [2.24, 2.45) is 5.92 Å². The Morgan fingerprint density at radius 3 is 2.60 bits per heavy atom. The molecule has 20 heavy (non-hydrogen) atoms. The summed E-state index contributed by atoms with van der Waals surface area (Å²) in [5.74, 6) is 2.08. The second kappa shape index (κ2) is 6.91. The molecule has 2 nitrogen and oxygen atoms in total. The zero-order chi connectivity index (χ0) is 14.7. The lowest BCUT2D eigenvalue weighted by molar-refractivity contribution is 0.284. The third kappa shape index (κ3) is 3.17. The fourth-order valence-electron chi connectivity index (χ4n) is 2.79. The van der Waals surface area contributed by atoms with E-state index in [0.29, 0.717) is 24.9 Å². The van der Waals surface area contributed by atoms with Crippen LogP contribution in [0.3, 0.4) is 0 Å². The maximum absolute atomic E-state index is 6.64. The highest BCUT2D eigenvalue weighted by Crippen LogP contribution is 2.48. The molecule has 0 saturated carbocycles. The van der Waals surface area contributed by atoms with E-state index in [2.05, 4.69) is 6.92 Å². The largest absolute Gasteiger partial charge is 0.490 e. The molecule has 0 radical (unpaired) electrons. The van der Waals surface area contributed by atoms with Crippen molar-refractivity contribution in [3.05, 3.63) is 22.2 Å². The third-order valence-electron chi connectivity index (χ3n) is 3.74. The molecule has 0 spiro atoms. The number of ether oxygens (including phenoxy) is 2. The van der Waals surface area contributed by atoms with E-state index < -0.39 is 0 Å². The summed E-state index contributed by atoms with van der Waals surface area (Å²) in [6.07, 6.45) is 3.00. The van der Waals surface area contributed by atoms with Crippen molar-refractivity contribution >= 4 is 23.2 Å². The molecule has 2 unspecified atom stereocenters. The van der Waals surface area contributed by atoms with Gasteiger partial charge in [-0.1, -0.05) is 18.5 Å². The second-order valence-corrected chi connectivity index (χ2v) is 6.23. The van der Waals surface area contributed by atoms with Crippen LogP contribution in [0.4, 0.5) is 0 Å². The van der Waals surface area contributed by atoms with Gasteiger partial charge in [0.25, 0.3) is 0 Å². The maximum atomic E-state index is 6.64. The third-order valence-corrected chi connectivity index (χ3v) is 4.47. The van der Waals surface area contributed by atoms with E-state index in [-0.39, 0.29) is 5.38 Å². The number of hydrogen-bond donors (Lipinski definition) is 0. The van der Waals surface area contributed by atoms with Crippen molar-refractivity contribution < 1.29 is 9.47 Å². The molecule has 0 aromatic heterocycles. The molecule has 2 atom stereocenters. The van der Waals surface area contributed by atoms with Gasteiger partial charge in [-0.25, -0.2) is 0 Å². The van der Waals surface area contributed by atoms with Crippen LogP contribution in [-0.2, 0) is 6.42 Å². The minimum atomic E-state index is -0.0676. The normalized spacial score (nSPS) is 22.1. The first-order chi connectivity index (χ1) is 9.58. The topological polar surface area (TPSA) is 18.5 Å². The van der Waals surface area contributed by atoms with Gasteiger partial charge in [-0.15, -0.1) is 11.6 Å². The Kier molecular flexibility index (Phi) is 5.45. The van der Waals surface area contributed by atoms with Crippen molar-refractivity contribution in [1.82, 2.24) is 0 Å². The van der Waals surface area contributed by atoms with Crippen molar-refractivity contribution in [2.75, 3.05) is 13.2 Å². The van der Waals surface area contributed by atoms with Gasteiger partial charge < -0.3 is 9.47 Å². The van der Waals surface area contributed by atoms with Gasteiger partial charge in [-0.2, -0.15) is 0 Å². The lowest BCUT2D eigenvalue weighted by Gasteiger charge is -2.21. The molecule has 1 aromatic carbocycles. The number of halogens is 2. The van der Waals surface area contributed by atoms with Gasteiger partial charge in [0, 0.05) is 16.7 Å². The molecule has 0 saturated heterocycles. The van der Waals surface area contributed by atoms with Crippen LogP contribution < -0.4 is 9.47 Å². The number of rotatable bonds is 4. The van der Waals surface area contributed by atoms with E-state index in [0.717, 1.165) is 41.2 Å². The monoisotopic (exact) mass is 316 g/mol. The molecule has 1 aliphatic rings. The summed E-state index contributed by atoms with van der Waals surface area (Å²) in [7, 11) is 0. The highest BCUT2D eigenvalue weighted by atomic mass is 35.5. The van der Waals surface area contributed by atoms with Crippen LogP contribution >= 0.6 is 23.2 Å². The van der Waals surface area contributed by atoms with Crippen LogP contribution in [0, 0.1) is 5.92 Å². The maximum Gasteiger partial charge on any atom is 0.166 e. The summed E-state index contributed by atoms with van der Waals surface area (Å²) < 4.78 is 11.5. The minimum Gasteiger partial charge on any atom is -0.490 e. The van der Waals surface area contributed by atoms with Crippen LogP contribution in [0.1, 0.15) is 50.1 Å². The van der Waals surface area contributed by atoms with E-state index in [1.165, 1.54) is 0 Å². The second-order valence-electron chi connectivity index (χ2n) is 5.29. The summed E-state index contributed by atoms with van der Waals surface area (Å²) >= 11 is 13.1. The van der Waals surface area contributed by atoms with Crippen LogP contribution in [0.5, 0.6) is 11.5 Å². The molecule has 4 heteroatoms. The fourth-order valence-corrected chi connectivity index (χ4v) is 3.62. The lowest BCUT2D eigenvalue weighted by atomic mass is 10.0.